The second-order valence-corrected chi connectivity index (χ2v) is 5.91. The van der Waals surface area contributed by atoms with Crippen molar-refractivity contribution >= 4 is 39.3 Å². The van der Waals surface area contributed by atoms with E-state index in [4.69, 9.17) is 9.47 Å². The Labute approximate surface area is 153 Å². The lowest BCUT2D eigenvalue weighted by Crippen LogP contribution is -2.23. The van der Waals surface area contributed by atoms with Crippen LogP contribution >= 0.6 is 15.9 Å². The predicted molar refractivity (Wildman–Crippen MR) is 95.7 cm³/mol. The molecule has 0 aliphatic rings. The van der Waals surface area contributed by atoms with Gasteiger partial charge in [0.2, 0.25) is 0 Å². The van der Waals surface area contributed by atoms with Crippen molar-refractivity contribution in [1.29, 1.82) is 0 Å². The Bertz CT molecular complexity index is 773. The van der Waals surface area contributed by atoms with Gasteiger partial charge in [-0.15, -0.1) is 0 Å². The Morgan fingerprint density at radius 2 is 1.68 bits per heavy atom. The Balaban J connectivity index is 1.74. The zero-order valence-electron chi connectivity index (χ0n) is 13.5. The number of benzene rings is 2. The van der Waals surface area contributed by atoms with Gasteiger partial charge in [-0.2, -0.15) is 0 Å². The van der Waals surface area contributed by atoms with Crippen molar-refractivity contribution in [2.45, 2.75) is 6.92 Å². The fraction of sp³-hybridized carbons (Fsp3) is 0.167. The second-order valence-electron chi connectivity index (χ2n) is 5.06. The molecule has 0 radical (unpaired) electrons. The van der Waals surface area contributed by atoms with Crippen molar-refractivity contribution in [2.24, 2.45) is 0 Å². The average molecular weight is 406 g/mol. The third-order valence-electron chi connectivity index (χ3n) is 3.13. The Morgan fingerprint density at radius 1 is 1.00 bits per heavy atom. The molecule has 0 aliphatic carbocycles. The van der Waals surface area contributed by atoms with E-state index in [1.165, 1.54) is 6.92 Å². The number of hydrogen-bond acceptors (Lipinski definition) is 5. The van der Waals surface area contributed by atoms with Crippen LogP contribution in [0.25, 0.3) is 0 Å². The molecule has 6 nitrogen and oxygen atoms in total. The molecule has 130 valence electrons. The van der Waals surface area contributed by atoms with Crippen LogP contribution in [0.4, 0.5) is 5.69 Å². The summed E-state index contributed by atoms with van der Waals surface area (Å²) in [7, 11) is 0. The maximum Gasteiger partial charge on any atom is 0.344 e. The van der Waals surface area contributed by atoms with E-state index in [-0.39, 0.29) is 12.4 Å². The van der Waals surface area contributed by atoms with Crippen LogP contribution in [0, 0.1) is 0 Å². The van der Waals surface area contributed by atoms with Crippen LogP contribution in [0.15, 0.2) is 53.0 Å². The van der Waals surface area contributed by atoms with E-state index in [1.807, 2.05) is 6.07 Å². The highest BCUT2D eigenvalue weighted by Gasteiger charge is 2.10. The fourth-order valence-corrected chi connectivity index (χ4v) is 2.25. The first-order valence-electron chi connectivity index (χ1n) is 7.39. The van der Waals surface area contributed by atoms with Gasteiger partial charge in [-0.05, 0) is 59.3 Å². The van der Waals surface area contributed by atoms with Gasteiger partial charge in [0.15, 0.2) is 19.0 Å². The molecule has 2 aromatic rings. The minimum absolute atomic E-state index is 0.0537. The highest BCUT2D eigenvalue weighted by molar-refractivity contribution is 9.10. The van der Waals surface area contributed by atoms with E-state index >= 15 is 0 Å². The first-order valence-corrected chi connectivity index (χ1v) is 8.19. The third kappa shape index (κ3) is 6.04. The van der Waals surface area contributed by atoms with E-state index in [1.54, 1.807) is 42.5 Å². The van der Waals surface area contributed by atoms with Crippen LogP contribution < -0.4 is 10.1 Å². The smallest absolute Gasteiger partial charge is 0.344 e. The zero-order chi connectivity index (χ0) is 18.2. The van der Waals surface area contributed by atoms with Crippen LogP contribution in [0.2, 0.25) is 0 Å². The molecular weight excluding hydrogens is 390 g/mol. The summed E-state index contributed by atoms with van der Waals surface area (Å²) in [5, 5.41) is 2.62. The van der Waals surface area contributed by atoms with Gasteiger partial charge in [0.05, 0.1) is 5.69 Å². The van der Waals surface area contributed by atoms with Crippen LogP contribution in [0.1, 0.15) is 17.3 Å². The molecule has 0 aromatic heterocycles. The highest BCUT2D eigenvalue weighted by Crippen LogP contribution is 2.20. The second kappa shape index (κ2) is 8.98. The Kier molecular flexibility index (Phi) is 6.71. The van der Waals surface area contributed by atoms with Gasteiger partial charge < -0.3 is 14.8 Å². The van der Waals surface area contributed by atoms with Gasteiger partial charge in [-0.1, -0.05) is 12.1 Å². The first kappa shape index (κ1) is 18.7. The monoisotopic (exact) mass is 405 g/mol. The van der Waals surface area contributed by atoms with Gasteiger partial charge in [0.1, 0.15) is 5.75 Å². The molecule has 0 aliphatic heterocycles. The molecule has 0 atom stereocenters. The fourth-order valence-electron chi connectivity index (χ4n) is 1.86. The van der Waals surface area contributed by atoms with Crippen molar-refractivity contribution < 1.29 is 23.9 Å². The van der Waals surface area contributed by atoms with E-state index in [0.717, 1.165) is 4.47 Å². The number of amides is 1. The lowest BCUT2D eigenvalue weighted by atomic mass is 10.1. The van der Waals surface area contributed by atoms with Gasteiger partial charge in [-0.25, -0.2) is 4.79 Å². The predicted octanol–water partition coefficient (Wildman–Crippen LogP) is 3.21. The molecule has 1 N–H and O–H groups in total. The number of ketones is 1. The number of carbonyl (C=O) groups excluding carboxylic acids is 3. The SMILES string of the molecule is CC(=O)c1ccc(OCC(=O)OCC(=O)Nc2ccccc2Br)cc1. The number of para-hydroxylation sites is 1. The molecule has 0 fully saturated rings. The summed E-state index contributed by atoms with van der Waals surface area (Å²) in [5.74, 6) is -0.745. The lowest BCUT2D eigenvalue weighted by molar-refractivity contribution is -0.149. The number of halogens is 1. The maximum atomic E-state index is 11.8. The number of nitrogens with one attached hydrogen (secondary N) is 1. The highest BCUT2D eigenvalue weighted by atomic mass is 79.9. The summed E-state index contributed by atoms with van der Waals surface area (Å²) in [6, 6.07) is 13.5. The molecule has 0 saturated heterocycles. The van der Waals surface area contributed by atoms with Crippen molar-refractivity contribution in [1.82, 2.24) is 0 Å². The standard InChI is InChI=1S/C18H16BrNO5/c1-12(21)13-6-8-14(9-7-13)24-11-18(23)25-10-17(22)20-16-5-3-2-4-15(16)19/h2-9H,10-11H2,1H3,(H,20,22). The molecule has 2 rings (SSSR count). The van der Waals surface area contributed by atoms with Gasteiger partial charge in [0, 0.05) is 10.0 Å². The lowest BCUT2D eigenvalue weighted by Gasteiger charge is -2.09. The molecule has 7 heteroatoms. The number of hydrogen-bond donors (Lipinski definition) is 1. The zero-order valence-corrected chi connectivity index (χ0v) is 15.0. The summed E-state index contributed by atoms with van der Waals surface area (Å²) < 4.78 is 10.8. The molecule has 1 amide bonds. The third-order valence-corrected chi connectivity index (χ3v) is 3.82. The maximum absolute atomic E-state index is 11.8. The van der Waals surface area contributed by atoms with E-state index in [0.29, 0.717) is 17.0 Å². The van der Waals surface area contributed by atoms with Crippen LogP contribution in [0.3, 0.4) is 0 Å². The van der Waals surface area contributed by atoms with Gasteiger partial charge in [0.25, 0.3) is 5.91 Å². The average Bonchev–Trinajstić information content (AvgIpc) is 2.60. The molecular formula is C18H16BrNO5. The summed E-state index contributed by atoms with van der Waals surface area (Å²) in [6.07, 6.45) is 0. The topological polar surface area (TPSA) is 81.7 Å². The summed E-state index contributed by atoms with van der Waals surface area (Å²) in [5.41, 5.74) is 1.14. The van der Waals surface area contributed by atoms with E-state index < -0.39 is 18.5 Å². The molecule has 0 unspecified atom stereocenters. The normalized spacial score (nSPS) is 10.0. The Hall–Kier alpha value is -2.67. The molecule has 25 heavy (non-hydrogen) atoms. The van der Waals surface area contributed by atoms with Crippen LogP contribution in [0.5, 0.6) is 5.75 Å². The molecule has 0 saturated carbocycles. The van der Waals surface area contributed by atoms with Crippen LogP contribution in [-0.2, 0) is 14.3 Å². The minimum Gasteiger partial charge on any atom is -0.482 e. The molecule has 2 aromatic carbocycles. The number of esters is 1. The molecule has 0 heterocycles. The molecule has 0 bridgehead atoms. The van der Waals surface area contributed by atoms with Gasteiger partial charge >= 0.3 is 5.97 Å². The first-order chi connectivity index (χ1) is 12.0. The Morgan fingerprint density at radius 3 is 2.32 bits per heavy atom. The minimum atomic E-state index is -0.669. The van der Waals surface area contributed by atoms with Gasteiger partial charge in [-0.3, -0.25) is 9.59 Å². The van der Waals surface area contributed by atoms with Crippen molar-refractivity contribution in [3.05, 3.63) is 58.6 Å². The quantitative estimate of drug-likeness (QED) is 0.564. The number of carbonyl (C=O) groups is 3. The summed E-state index contributed by atoms with van der Waals surface area (Å²) in [4.78, 5) is 34.6. The van der Waals surface area contributed by atoms with Crippen molar-refractivity contribution in [3.63, 3.8) is 0 Å². The van der Waals surface area contributed by atoms with E-state index in [9.17, 15) is 14.4 Å². The van der Waals surface area contributed by atoms with Crippen molar-refractivity contribution in [2.75, 3.05) is 18.5 Å². The summed E-state index contributed by atoms with van der Waals surface area (Å²) in [6.45, 7) is 0.723. The number of ether oxygens (including phenoxy) is 2. The van der Waals surface area contributed by atoms with Crippen molar-refractivity contribution in [3.8, 4) is 5.75 Å². The van der Waals surface area contributed by atoms with E-state index in [2.05, 4.69) is 21.2 Å². The summed E-state index contributed by atoms with van der Waals surface area (Å²) >= 11 is 3.31. The largest absolute Gasteiger partial charge is 0.482 e. The van der Waals surface area contributed by atoms with Crippen LogP contribution in [-0.4, -0.2) is 30.9 Å². The number of anilines is 1. The number of Topliss-reactive ketones (excluding diaryl/α,β-unsaturated/α-hetero) is 1. The molecule has 0 spiro atoms. The number of rotatable bonds is 7.